The van der Waals surface area contributed by atoms with E-state index < -0.39 is 0 Å². The zero-order valence-electron chi connectivity index (χ0n) is 7.27. The van der Waals surface area contributed by atoms with Gasteiger partial charge in [-0.1, -0.05) is 24.5 Å². The molecule has 3 rings (SSSR count). The molecule has 3 aliphatic rings. The average Bonchev–Trinajstić information content (AvgIpc) is 2.38. The number of fused-ring (bicyclic) bond motifs is 4. The van der Waals surface area contributed by atoms with Gasteiger partial charge in [0.05, 0.1) is 0 Å². The third kappa shape index (κ3) is 0.617. The minimum absolute atomic E-state index is 1.06. The minimum atomic E-state index is 1.06. The molecular formula is C11H16. The van der Waals surface area contributed by atoms with Crippen LogP contribution < -0.4 is 0 Å². The summed E-state index contributed by atoms with van der Waals surface area (Å²) in [6.45, 7) is 2.37. The lowest BCUT2D eigenvalue weighted by atomic mass is 9.73. The van der Waals surface area contributed by atoms with Gasteiger partial charge in [0.1, 0.15) is 0 Å². The molecule has 3 unspecified atom stereocenters. The maximum Gasteiger partial charge on any atom is -0.0166 e. The predicted octanol–water partition coefficient (Wildman–Crippen LogP) is 3.14. The summed E-state index contributed by atoms with van der Waals surface area (Å²) in [4.78, 5) is 0. The average molecular weight is 148 g/mol. The summed E-state index contributed by atoms with van der Waals surface area (Å²) in [5.41, 5.74) is 3.81. The van der Waals surface area contributed by atoms with Crippen LogP contribution in [0.15, 0.2) is 11.1 Å². The van der Waals surface area contributed by atoms with Crippen molar-refractivity contribution in [3.05, 3.63) is 11.1 Å². The quantitative estimate of drug-likeness (QED) is 0.501. The van der Waals surface area contributed by atoms with Crippen molar-refractivity contribution in [2.75, 3.05) is 0 Å². The lowest BCUT2D eigenvalue weighted by molar-refractivity contribution is 0.381. The molecule has 0 spiro atoms. The Bertz CT molecular complexity index is 224. The third-order valence-electron chi connectivity index (χ3n) is 4.24. The first-order valence-corrected chi connectivity index (χ1v) is 5.12. The number of allylic oxidation sites excluding steroid dienone is 2. The second kappa shape index (κ2) is 1.91. The largest absolute Gasteiger partial charge is 0.0673 e. The van der Waals surface area contributed by atoms with Gasteiger partial charge in [-0.05, 0) is 43.4 Å². The summed E-state index contributed by atoms with van der Waals surface area (Å²) >= 11 is 0. The van der Waals surface area contributed by atoms with Crippen molar-refractivity contribution in [2.45, 2.75) is 39.0 Å². The summed E-state index contributed by atoms with van der Waals surface area (Å²) in [6.07, 6.45) is 7.45. The van der Waals surface area contributed by atoms with Gasteiger partial charge < -0.3 is 0 Å². The molecule has 0 radical (unpaired) electrons. The Kier molecular flexibility index (Phi) is 1.09. The van der Waals surface area contributed by atoms with Gasteiger partial charge >= 0.3 is 0 Å². The molecule has 0 nitrogen and oxygen atoms in total. The van der Waals surface area contributed by atoms with E-state index >= 15 is 0 Å². The molecule has 0 N–H and O–H groups in total. The van der Waals surface area contributed by atoms with Gasteiger partial charge in [-0.2, -0.15) is 0 Å². The van der Waals surface area contributed by atoms with Gasteiger partial charge in [0.2, 0.25) is 0 Å². The van der Waals surface area contributed by atoms with Crippen LogP contribution >= 0.6 is 0 Å². The Hall–Kier alpha value is -0.260. The van der Waals surface area contributed by atoms with E-state index in [1.807, 2.05) is 11.1 Å². The lowest BCUT2D eigenvalue weighted by Gasteiger charge is -2.32. The first-order chi connectivity index (χ1) is 5.40. The molecule has 1 saturated carbocycles. The van der Waals surface area contributed by atoms with Crippen LogP contribution in [-0.4, -0.2) is 0 Å². The topological polar surface area (TPSA) is 0 Å². The van der Waals surface area contributed by atoms with Gasteiger partial charge in [0, 0.05) is 0 Å². The van der Waals surface area contributed by atoms with E-state index in [1.165, 1.54) is 19.3 Å². The summed E-state index contributed by atoms with van der Waals surface area (Å²) in [5.74, 6) is 3.21. The lowest BCUT2D eigenvalue weighted by Crippen LogP contribution is -2.19. The smallest absolute Gasteiger partial charge is 0.0166 e. The minimum Gasteiger partial charge on any atom is -0.0673 e. The normalized spacial score (nSPS) is 46.1. The molecule has 3 aliphatic carbocycles. The zero-order valence-corrected chi connectivity index (χ0v) is 7.27. The Morgan fingerprint density at radius 2 is 2.00 bits per heavy atom. The molecule has 0 heterocycles. The fraction of sp³-hybridized carbons (Fsp3) is 0.818. The van der Waals surface area contributed by atoms with Gasteiger partial charge in [-0.25, -0.2) is 0 Å². The van der Waals surface area contributed by atoms with E-state index in [1.54, 1.807) is 12.8 Å². The van der Waals surface area contributed by atoms with Crippen molar-refractivity contribution < 1.29 is 0 Å². The highest BCUT2D eigenvalue weighted by Gasteiger charge is 2.47. The van der Waals surface area contributed by atoms with E-state index in [0.717, 1.165) is 17.8 Å². The van der Waals surface area contributed by atoms with E-state index in [4.69, 9.17) is 0 Å². The van der Waals surface area contributed by atoms with Crippen molar-refractivity contribution in [3.63, 3.8) is 0 Å². The van der Waals surface area contributed by atoms with Crippen LogP contribution in [0.1, 0.15) is 39.0 Å². The van der Waals surface area contributed by atoms with Crippen molar-refractivity contribution in [3.8, 4) is 0 Å². The first-order valence-electron chi connectivity index (χ1n) is 5.12. The second-order valence-corrected chi connectivity index (χ2v) is 4.49. The van der Waals surface area contributed by atoms with Crippen LogP contribution in [0.25, 0.3) is 0 Å². The third-order valence-corrected chi connectivity index (χ3v) is 4.24. The Morgan fingerprint density at radius 3 is 2.55 bits per heavy atom. The Morgan fingerprint density at radius 1 is 1.18 bits per heavy atom. The Balaban J connectivity index is 1.95. The molecule has 0 aromatic rings. The van der Waals surface area contributed by atoms with Crippen LogP contribution in [0.4, 0.5) is 0 Å². The van der Waals surface area contributed by atoms with Gasteiger partial charge in [-0.15, -0.1) is 0 Å². The van der Waals surface area contributed by atoms with Crippen molar-refractivity contribution in [1.82, 2.24) is 0 Å². The molecule has 0 amide bonds. The fourth-order valence-corrected chi connectivity index (χ4v) is 3.59. The van der Waals surface area contributed by atoms with Crippen molar-refractivity contribution in [2.24, 2.45) is 17.8 Å². The molecule has 0 heteroatoms. The summed E-state index contributed by atoms with van der Waals surface area (Å²) in [6, 6.07) is 0. The SMILES string of the molecule is CCC1CC2CC1C1=C2CC1. The predicted molar refractivity (Wildman–Crippen MR) is 46.3 cm³/mol. The number of rotatable bonds is 1. The van der Waals surface area contributed by atoms with E-state index in [9.17, 15) is 0 Å². The summed E-state index contributed by atoms with van der Waals surface area (Å²) in [7, 11) is 0. The molecular weight excluding hydrogens is 132 g/mol. The highest BCUT2D eigenvalue weighted by molar-refractivity contribution is 5.37. The molecule has 0 aliphatic heterocycles. The standard InChI is InChI=1S/C11H16/c1-2-7-5-8-6-11(7)10-4-3-9(8)10/h7-8,11H,2-6H2,1H3. The molecule has 1 fully saturated rings. The van der Waals surface area contributed by atoms with Crippen LogP contribution in [0.5, 0.6) is 0 Å². The van der Waals surface area contributed by atoms with Gasteiger partial charge in [-0.3, -0.25) is 0 Å². The number of hydrogen-bond acceptors (Lipinski definition) is 0. The molecule has 0 aromatic heterocycles. The maximum absolute atomic E-state index is 2.37. The van der Waals surface area contributed by atoms with E-state index in [0.29, 0.717) is 0 Å². The molecule has 0 aromatic carbocycles. The van der Waals surface area contributed by atoms with E-state index in [2.05, 4.69) is 6.92 Å². The van der Waals surface area contributed by atoms with Gasteiger partial charge in [0.25, 0.3) is 0 Å². The summed E-state index contributed by atoms with van der Waals surface area (Å²) < 4.78 is 0. The molecule has 0 saturated heterocycles. The molecule has 3 atom stereocenters. The van der Waals surface area contributed by atoms with Crippen LogP contribution in [0.2, 0.25) is 0 Å². The van der Waals surface area contributed by atoms with Gasteiger partial charge in [0.15, 0.2) is 0 Å². The highest BCUT2D eigenvalue weighted by Crippen LogP contribution is 2.59. The fourth-order valence-electron chi connectivity index (χ4n) is 3.59. The van der Waals surface area contributed by atoms with Crippen molar-refractivity contribution in [1.29, 1.82) is 0 Å². The molecule has 11 heavy (non-hydrogen) atoms. The van der Waals surface area contributed by atoms with E-state index in [-0.39, 0.29) is 0 Å². The van der Waals surface area contributed by atoms with Crippen LogP contribution in [-0.2, 0) is 0 Å². The number of hydrogen-bond donors (Lipinski definition) is 0. The monoisotopic (exact) mass is 148 g/mol. The second-order valence-electron chi connectivity index (χ2n) is 4.49. The van der Waals surface area contributed by atoms with Crippen LogP contribution in [0, 0.1) is 17.8 Å². The van der Waals surface area contributed by atoms with Crippen LogP contribution in [0.3, 0.4) is 0 Å². The van der Waals surface area contributed by atoms with Crippen molar-refractivity contribution >= 4 is 0 Å². The Labute approximate surface area is 68.7 Å². The highest BCUT2D eigenvalue weighted by atomic mass is 14.5. The maximum atomic E-state index is 2.37. The summed E-state index contributed by atoms with van der Waals surface area (Å²) in [5, 5.41) is 0. The molecule has 2 bridgehead atoms. The zero-order chi connectivity index (χ0) is 7.42. The first kappa shape index (κ1) is 6.28. The molecule has 60 valence electrons.